The van der Waals surface area contributed by atoms with Gasteiger partial charge in [0.2, 0.25) is 0 Å². The summed E-state index contributed by atoms with van der Waals surface area (Å²) in [5, 5.41) is 11.4. The Bertz CT molecular complexity index is 363. The normalized spacial score (nSPS) is 10.9. The van der Waals surface area contributed by atoms with Crippen LogP contribution in [-0.4, -0.2) is 35.1 Å². The number of nitrogens with zero attached hydrogens (tertiary/aromatic N) is 1. The molecule has 3 nitrogen and oxygen atoms in total. The van der Waals surface area contributed by atoms with Crippen molar-refractivity contribution in [1.29, 1.82) is 0 Å². The van der Waals surface area contributed by atoms with Crippen LogP contribution in [-0.2, 0) is 0 Å². The van der Waals surface area contributed by atoms with Crippen molar-refractivity contribution in [3.63, 3.8) is 0 Å². The number of carbonyl (C=O) groups excluding carboxylic acids is 1. The Morgan fingerprint density at radius 1 is 1.53 bits per heavy atom. The number of amides is 1. The molecular weight excluding hydrogens is 258 g/mol. The van der Waals surface area contributed by atoms with Gasteiger partial charge < -0.3 is 10.0 Å². The van der Waals surface area contributed by atoms with E-state index in [-0.39, 0.29) is 18.6 Å². The van der Waals surface area contributed by atoms with Crippen molar-refractivity contribution < 1.29 is 9.90 Å². The molecule has 0 spiro atoms. The van der Waals surface area contributed by atoms with Crippen LogP contribution in [0.2, 0.25) is 5.02 Å². The summed E-state index contributed by atoms with van der Waals surface area (Å²) in [6, 6.07) is 1.89. The highest BCUT2D eigenvalue weighted by Crippen LogP contribution is 2.25. The maximum Gasteiger partial charge on any atom is 0.265 e. The lowest BCUT2D eigenvalue weighted by atomic mass is 10.1. The molecule has 0 radical (unpaired) electrons. The Kier molecular flexibility index (Phi) is 5.95. The quantitative estimate of drug-likeness (QED) is 0.867. The van der Waals surface area contributed by atoms with Crippen molar-refractivity contribution in [2.24, 2.45) is 0 Å². The van der Waals surface area contributed by atoms with Gasteiger partial charge in [-0.25, -0.2) is 0 Å². The van der Waals surface area contributed by atoms with Crippen LogP contribution in [0.25, 0.3) is 0 Å². The van der Waals surface area contributed by atoms with Crippen LogP contribution in [0.1, 0.15) is 36.4 Å². The van der Waals surface area contributed by atoms with Crippen LogP contribution >= 0.6 is 22.9 Å². The second-order valence-electron chi connectivity index (χ2n) is 3.79. The first kappa shape index (κ1) is 14.5. The summed E-state index contributed by atoms with van der Waals surface area (Å²) in [5.41, 5.74) is 0. The molecule has 0 bridgehead atoms. The molecule has 1 amide bonds. The molecule has 0 saturated heterocycles. The Hall–Kier alpha value is -0.580. The van der Waals surface area contributed by atoms with Gasteiger partial charge >= 0.3 is 0 Å². The van der Waals surface area contributed by atoms with E-state index in [2.05, 4.69) is 0 Å². The Morgan fingerprint density at radius 3 is 2.59 bits per heavy atom. The molecule has 0 fully saturated rings. The van der Waals surface area contributed by atoms with Gasteiger partial charge in [-0.05, 0) is 24.3 Å². The molecule has 96 valence electrons. The fourth-order valence-corrected chi connectivity index (χ4v) is 2.95. The third-order valence-electron chi connectivity index (χ3n) is 2.80. The van der Waals surface area contributed by atoms with E-state index >= 15 is 0 Å². The molecule has 0 saturated carbocycles. The van der Waals surface area contributed by atoms with Gasteiger partial charge in [0.15, 0.2) is 0 Å². The summed E-state index contributed by atoms with van der Waals surface area (Å²) in [7, 11) is 0. The molecule has 1 N–H and O–H groups in total. The molecular formula is C12H18ClNO2S. The fourth-order valence-electron chi connectivity index (χ4n) is 1.86. The Balaban J connectivity index is 2.91. The minimum absolute atomic E-state index is 0.0226. The standard InChI is InChI=1S/C12H18ClNO2S/c1-3-9(4-2)14(6-7-15)12(16)11-10(13)5-8-17-11/h5,8-9,15H,3-4,6-7H2,1-2H3. The van der Waals surface area contributed by atoms with E-state index in [4.69, 9.17) is 16.7 Å². The minimum Gasteiger partial charge on any atom is -0.395 e. The van der Waals surface area contributed by atoms with Gasteiger partial charge in [0.05, 0.1) is 11.6 Å². The molecule has 0 atom stereocenters. The maximum atomic E-state index is 12.3. The average molecular weight is 276 g/mol. The first-order chi connectivity index (χ1) is 8.15. The van der Waals surface area contributed by atoms with E-state index < -0.39 is 0 Å². The summed E-state index contributed by atoms with van der Waals surface area (Å²) in [4.78, 5) is 14.6. The van der Waals surface area contributed by atoms with Crippen molar-refractivity contribution in [1.82, 2.24) is 4.90 Å². The van der Waals surface area contributed by atoms with E-state index in [1.54, 1.807) is 16.3 Å². The van der Waals surface area contributed by atoms with Gasteiger partial charge in [-0.3, -0.25) is 4.79 Å². The largest absolute Gasteiger partial charge is 0.395 e. The van der Waals surface area contributed by atoms with Crippen LogP contribution in [0.4, 0.5) is 0 Å². The lowest BCUT2D eigenvalue weighted by Gasteiger charge is -2.29. The number of halogens is 1. The third-order valence-corrected chi connectivity index (χ3v) is 4.13. The highest BCUT2D eigenvalue weighted by Gasteiger charge is 2.24. The Labute approximate surface area is 111 Å². The van der Waals surface area contributed by atoms with E-state index in [9.17, 15) is 4.79 Å². The van der Waals surface area contributed by atoms with Crippen LogP contribution in [0.15, 0.2) is 11.4 Å². The van der Waals surface area contributed by atoms with Gasteiger partial charge in [0, 0.05) is 12.6 Å². The van der Waals surface area contributed by atoms with Crippen LogP contribution in [0.5, 0.6) is 0 Å². The molecule has 0 aliphatic carbocycles. The molecule has 0 aliphatic heterocycles. The predicted octanol–water partition coefficient (Wildman–Crippen LogP) is 3.02. The van der Waals surface area contributed by atoms with Crippen molar-refractivity contribution in [3.05, 3.63) is 21.3 Å². The molecule has 5 heteroatoms. The van der Waals surface area contributed by atoms with Gasteiger partial charge in [0.25, 0.3) is 5.91 Å². The molecule has 0 aromatic carbocycles. The summed E-state index contributed by atoms with van der Waals surface area (Å²) in [6.45, 7) is 4.42. The molecule has 0 aliphatic rings. The van der Waals surface area contributed by atoms with Crippen LogP contribution < -0.4 is 0 Å². The first-order valence-corrected chi connectivity index (χ1v) is 7.06. The van der Waals surface area contributed by atoms with Gasteiger partial charge in [0.1, 0.15) is 4.88 Å². The zero-order valence-corrected chi connectivity index (χ0v) is 11.7. The van der Waals surface area contributed by atoms with E-state index in [0.29, 0.717) is 16.4 Å². The lowest BCUT2D eigenvalue weighted by molar-refractivity contribution is 0.0627. The van der Waals surface area contributed by atoms with Gasteiger partial charge in [-0.15, -0.1) is 11.3 Å². The maximum absolute atomic E-state index is 12.3. The molecule has 1 aromatic heterocycles. The number of thiophene rings is 1. The van der Waals surface area contributed by atoms with E-state index in [1.165, 1.54) is 11.3 Å². The van der Waals surface area contributed by atoms with E-state index in [1.807, 2.05) is 13.8 Å². The highest BCUT2D eigenvalue weighted by molar-refractivity contribution is 7.12. The second kappa shape index (κ2) is 6.99. The summed E-state index contributed by atoms with van der Waals surface area (Å²) in [5.74, 6) is -0.0762. The SMILES string of the molecule is CCC(CC)N(CCO)C(=O)c1sccc1Cl. The third kappa shape index (κ3) is 3.44. The molecule has 17 heavy (non-hydrogen) atoms. The summed E-state index contributed by atoms with van der Waals surface area (Å²) < 4.78 is 0. The van der Waals surface area contributed by atoms with Gasteiger partial charge in [-0.1, -0.05) is 25.4 Å². The average Bonchev–Trinajstić information content (AvgIpc) is 2.75. The van der Waals surface area contributed by atoms with Crippen molar-refractivity contribution in [2.75, 3.05) is 13.2 Å². The van der Waals surface area contributed by atoms with Crippen LogP contribution in [0, 0.1) is 0 Å². The monoisotopic (exact) mass is 275 g/mol. The fraction of sp³-hybridized carbons (Fsp3) is 0.583. The minimum atomic E-state index is -0.0762. The Morgan fingerprint density at radius 2 is 2.18 bits per heavy atom. The smallest absolute Gasteiger partial charge is 0.265 e. The number of aliphatic hydroxyl groups excluding tert-OH is 1. The summed E-state index contributed by atoms with van der Waals surface area (Å²) >= 11 is 7.32. The number of rotatable bonds is 6. The van der Waals surface area contributed by atoms with Crippen molar-refractivity contribution >= 4 is 28.8 Å². The predicted molar refractivity (Wildman–Crippen MR) is 71.8 cm³/mol. The summed E-state index contributed by atoms with van der Waals surface area (Å²) in [6.07, 6.45) is 1.76. The number of hydrogen-bond acceptors (Lipinski definition) is 3. The molecule has 1 rings (SSSR count). The van der Waals surface area contributed by atoms with Crippen molar-refractivity contribution in [2.45, 2.75) is 32.7 Å². The lowest BCUT2D eigenvalue weighted by Crippen LogP contribution is -2.41. The molecule has 1 heterocycles. The number of hydrogen-bond donors (Lipinski definition) is 1. The topological polar surface area (TPSA) is 40.5 Å². The van der Waals surface area contributed by atoms with Crippen molar-refractivity contribution in [3.8, 4) is 0 Å². The zero-order valence-electron chi connectivity index (χ0n) is 10.1. The number of aliphatic hydroxyl groups is 1. The van der Waals surface area contributed by atoms with E-state index in [0.717, 1.165) is 12.8 Å². The second-order valence-corrected chi connectivity index (χ2v) is 5.11. The van der Waals surface area contributed by atoms with Gasteiger partial charge in [-0.2, -0.15) is 0 Å². The van der Waals surface area contributed by atoms with Crippen LogP contribution in [0.3, 0.4) is 0 Å². The molecule has 0 unspecified atom stereocenters. The molecule has 1 aromatic rings. The number of carbonyl (C=O) groups is 1. The first-order valence-electron chi connectivity index (χ1n) is 5.80. The highest BCUT2D eigenvalue weighted by atomic mass is 35.5. The zero-order chi connectivity index (χ0) is 12.8.